The molecule has 0 fully saturated rings. The maximum atomic E-state index is 11.5. The van der Waals surface area contributed by atoms with E-state index < -0.39 is 0 Å². The first-order valence-corrected chi connectivity index (χ1v) is 6.57. The Labute approximate surface area is 122 Å². The fraction of sp³-hybridized carbons (Fsp3) is 0.286. The van der Waals surface area contributed by atoms with Crippen molar-refractivity contribution in [2.75, 3.05) is 20.3 Å². The quantitative estimate of drug-likeness (QED) is 0.885. The topological polar surface area (TPSA) is 56.1 Å². The Hall–Kier alpha value is -1.85. The van der Waals surface area contributed by atoms with Gasteiger partial charge in [-0.05, 0) is 17.7 Å². The molecule has 0 unspecified atom stereocenters. The van der Waals surface area contributed by atoms with Gasteiger partial charge in [0, 0.05) is 31.1 Å². The van der Waals surface area contributed by atoms with E-state index in [2.05, 4.69) is 10.3 Å². The third-order valence-electron chi connectivity index (χ3n) is 2.91. The number of amides is 1. The van der Waals surface area contributed by atoms with Gasteiger partial charge in [-0.1, -0.05) is 23.7 Å². The van der Waals surface area contributed by atoms with Crippen LogP contribution < -0.4 is 5.32 Å². The first kappa shape index (κ1) is 14.6. The maximum absolute atomic E-state index is 11.5. The average molecular weight is 294 g/mol. The summed E-state index contributed by atoms with van der Waals surface area (Å²) in [5.41, 5.74) is 1.05. The molecule has 1 amide bonds. The van der Waals surface area contributed by atoms with Crippen LogP contribution in [0.3, 0.4) is 0 Å². The minimum Gasteiger partial charge on any atom is -0.375 e. The molecule has 0 bridgehead atoms. The van der Waals surface area contributed by atoms with Crippen LogP contribution in [0.15, 0.2) is 43.0 Å². The summed E-state index contributed by atoms with van der Waals surface area (Å²) >= 11 is 5.90. The predicted molar refractivity (Wildman–Crippen MR) is 76.7 cm³/mol. The third-order valence-corrected chi connectivity index (χ3v) is 3.16. The van der Waals surface area contributed by atoms with Gasteiger partial charge >= 0.3 is 0 Å². The van der Waals surface area contributed by atoms with E-state index in [4.69, 9.17) is 16.3 Å². The molecule has 0 aliphatic heterocycles. The lowest BCUT2D eigenvalue weighted by molar-refractivity contribution is -0.124. The number of methoxy groups -OCH3 is 1. The molecule has 0 aliphatic rings. The van der Waals surface area contributed by atoms with Crippen LogP contribution in [0.25, 0.3) is 0 Å². The number of hydrogen-bond donors (Lipinski definition) is 1. The molecule has 2 rings (SSSR count). The molecule has 1 N–H and O–H groups in total. The average Bonchev–Trinajstić information content (AvgIpc) is 2.95. The Balaban J connectivity index is 2.13. The Kier molecular flexibility index (Phi) is 5.15. The zero-order chi connectivity index (χ0) is 14.4. The van der Waals surface area contributed by atoms with Crippen molar-refractivity contribution in [1.29, 1.82) is 0 Å². The predicted octanol–water partition coefficient (Wildman–Crippen LogP) is 1.89. The van der Waals surface area contributed by atoms with E-state index in [1.165, 1.54) is 7.11 Å². The van der Waals surface area contributed by atoms with Crippen LogP contribution in [0.5, 0.6) is 0 Å². The van der Waals surface area contributed by atoms with Crippen molar-refractivity contribution in [1.82, 2.24) is 14.9 Å². The highest BCUT2D eigenvalue weighted by Crippen LogP contribution is 2.19. The Morgan fingerprint density at radius 3 is 2.80 bits per heavy atom. The van der Waals surface area contributed by atoms with Crippen LogP contribution in [0.4, 0.5) is 0 Å². The van der Waals surface area contributed by atoms with E-state index in [1.54, 1.807) is 12.5 Å². The molecule has 20 heavy (non-hydrogen) atoms. The number of benzene rings is 1. The molecule has 0 aliphatic carbocycles. The first-order chi connectivity index (χ1) is 9.70. The van der Waals surface area contributed by atoms with Crippen LogP contribution >= 0.6 is 11.6 Å². The fourth-order valence-electron chi connectivity index (χ4n) is 1.93. The van der Waals surface area contributed by atoms with Crippen LogP contribution in [0.2, 0.25) is 5.02 Å². The summed E-state index contributed by atoms with van der Waals surface area (Å²) in [4.78, 5) is 15.6. The molecular weight excluding hydrogens is 278 g/mol. The monoisotopic (exact) mass is 293 g/mol. The van der Waals surface area contributed by atoms with Gasteiger partial charge in [-0.25, -0.2) is 4.98 Å². The summed E-state index contributed by atoms with van der Waals surface area (Å²) in [6.07, 6.45) is 5.30. The van der Waals surface area contributed by atoms with Gasteiger partial charge in [-0.15, -0.1) is 0 Å². The van der Waals surface area contributed by atoms with E-state index in [-0.39, 0.29) is 18.6 Å². The van der Waals surface area contributed by atoms with Crippen molar-refractivity contribution in [3.63, 3.8) is 0 Å². The highest BCUT2D eigenvalue weighted by atomic mass is 35.5. The Bertz CT molecular complexity index is 540. The Morgan fingerprint density at radius 2 is 2.20 bits per heavy atom. The zero-order valence-electron chi connectivity index (χ0n) is 11.1. The summed E-state index contributed by atoms with van der Waals surface area (Å²) in [5, 5.41) is 3.52. The summed E-state index contributed by atoms with van der Waals surface area (Å²) in [6, 6.07) is 7.51. The van der Waals surface area contributed by atoms with Gasteiger partial charge in [0.2, 0.25) is 5.91 Å². The second-order valence-electron chi connectivity index (χ2n) is 4.31. The summed E-state index contributed by atoms with van der Waals surface area (Å²) in [6.45, 7) is 0.511. The second kappa shape index (κ2) is 7.07. The molecule has 1 atom stereocenters. The number of nitrogens with one attached hydrogen (secondary N) is 1. The first-order valence-electron chi connectivity index (χ1n) is 6.19. The van der Waals surface area contributed by atoms with Crippen LogP contribution in [-0.4, -0.2) is 35.7 Å². The van der Waals surface area contributed by atoms with Crippen molar-refractivity contribution in [3.05, 3.63) is 53.6 Å². The lowest BCUT2D eigenvalue weighted by atomic mass is 10.1. The number of carbonyl (C=O) groups is 1. The molecule has 0 radical (unpaired) electrons. The van der Waals surface area contributed by atoms with Crippen molar-refractivity contribution in [2.45, 2.75) is 6.04 Å². The number of ether oxygens (including phenoxy) is 1. The molecule has 5 nitrogen and oxygen atoms in total. The number of halogens is 1. The van der Waals surface area contributed by atoms with Gasteiger partial charge in [-0.3, -0.25) is 4.79 Å². The largest absolute Gasteiger partial charge is 0.375 e. The molecule has 0 spiro atoms. The summed E-state index contributed by atoms with van der Waals surface area (Å²) in [5.74, 6) is -0.147. The Morgan fingerprint density at radius 1 is 1.45 bits per heavy atom. The SMILES string of the molecule is COCC(=O)NC[C@H](c1ccc(Cl)cc1)n1ccnc1. The molecule has 106 valence electrons. The van der Waals surface area contributed by atoms with Crippen LogP contribution in [0.1, 0.15) is 11.6 Å². The summed E-state index contributed by atoms with van der Waals surface area (Å²) in [7, 11) is 1.49. The summed E-state index contributed by atoms with van der Waals surface area (Å²) < 4.78 is 6.74. The molecule has 1 aromatic heterocycles. The molecule has 0 saturated heterocycles. The standard InChI is InChI=1S/C14H16ClN3O2/c1-20-9-14(19)17-8-13(18-7-6-16-10-18)11-2-4-12(15)5-3-11/h2-7,10,13H,8-9H2,1H3,(H,17,19)/t13-/m1/s1. The van der Waals surface area contributed by atoms with Crippen molar-refractivity contribution in [3.8, 4) is 0 Å². The molecule has 0 saturated carbocycles. The highest BCUT2D eigenvalue weighted by Gasteiger charge is 2.14. The van der Waals surface area contributed by atoms with Gasteiger partial charge in [-0.2, -0.15) is 0 Å². The number of carbonyl (C=O) groups excluding carboxylic acids is 1. The number of rotatable bonds is 6. The molecule has 1 heterocycles. The number of imidazole rings is 1. The van der Waals surface area contributed by atoms with E-state index in [9.17, 15) is 4.79 Å². The zero-order valence-corrected chi connectivity index (χ0v) is 11.9. The third kappa shape index (κ3) is 3.82. The highest BCUT2D eigenvalue weighted by molar-refractivity contribution is 6.30. The number of hydrogen-bond acceptors (Lipinski definition) is 3. The maximum Gasteiger partial charge on any atom is 0.246 e. The second-order valence-corrected chi connectivity index (χ2v) is 4.75. The van der Waals surface area contributed by atoms with Gasteiger partial charge in [0.15, 0.2) is 0 Å². The van der Waals surface area contributed by atoms with Gasteiger partial charge in [0.05, 0.1) is 12.4 Å². The smallest absolute Gasteiger partial charge is 0.246 e. The number of nitrogens with zero attached hydrogens (tertiary/aromatic N) is 2. The van der Waals surface area contributed by atoms with E-state index in [0.29, 0.717) is 11.6 Å². The number of aromatic nitrogens is 2. The minimum absolute atomic E-state index is 0.0319. The van der Waals surface area contributed by atoms with Gasteiger partial charge < -0.3 is 14.6 Å². The van der Waals surface area contributed by atoms with Crippen molar-refractivity contribution in [2.24, 2.45) is 0 Å². The van der Waals surface area contributed by atoms with Gasteiger partial charge in [0.1, 0.15) is 6.61 Å². The molecular formula is C14H16ClN3O2. The van der Waals surface area contributed by atoms with E-state index in [0.717, 1.165) is 5.56 Å². The van der Waals surface area contributed by atoms with Crippen molar-refractivity contribution >= 4 is 17.5 Å². The van der Waals surface area contributed by atoms with Crippen molar-refractivity contribution < 1.29 is 9.53 Å². The van der Waals surface area contributed by atoms with Crippen LogP contribution in [-0.2, 0) is 9.53 Å². The minimum atomic E-state index is -0.147. The molecule has 2 aromatic rings. The fourth-order valence-corrected chi connectivity index (χ4v) is 2.05. The normalized spacial score (nSPS) is 12.1. The lowest BCUT2D eigenvalue weighted by Gasteiger charge is -2.19. The van der Waals surface area contributed by atoms with E-state index in [1.807, 2.05) is 35.0 Å². The van der Waals surface area contributed by atoms with Gasteiger partial charge in [0.25, 0.3) is 0 Å². The lowest BCUT2D eigenvalue weighted by Crippen LogP contribution is -2.33. The molecule has 6 heteroatoms. The van der Waals surface area contributed by atoms with Crippen LogP contribution in [0, 0.1) is 0 Å². The molecule has 1 aromatic carbocycles. The van der Waals surface area contributed by atoms with E-state index >= 15 is 0 Å².